The summed E-state index contributed by atoms with van der Waals surface area (Å²) in [7, 11) is -3.67. The number of morpholine rings is 1. The second-order valence-electron chi connectivity index (χ2n) is 7.99. The molecule has 1 N–H and O–H groups in total. The number of nitrogens with one attached hydrogen (secondary N) is 1. The van der Waals surface area contributed by atoms with E-state index in [1.54, 1.807) is 12.1 Å². The third-order valence-electron chi connectivity index (χ3n) is 6.05. The maximum atomic E-state index is 13.0. The van der Waals surface area contributed by atoms with Gasteiger partial charge in [-0.1, -0.05) is 24.3 Å². The quantitative estimate of drug-likeness (QED) is 0.484. The first-order valence-corrected chi connectivity index (χ1v) is 12.4. The van der Waals surface area contributed by atoms with Crippen LogP contribution in [-0.2, 0) is 21.3 Å². The summed E-state index contributed by atoms with van der Waals surface area (Å²) < 4.78 is 34.8. The molecule has 0 aliphatic carbocycles. The molecule has 3 aromatic carbocycles. The van der Waals surface area contributed by atoms with E-state index in [2.05, 4.69) is 28.9 Å². The molecule has 1 amide bonds. The molecule has 5 rings (SSSR count). The van der Waals surface area contributed by atoms with Gasteiger partial charge in [0.15, 0.2) is 0 Å². The predicted molar refractivity (Wildman–Crippen MR) is 129 cm³/mol. The van der Waals surface area contributed by atoms with Crippen molar-refractivity contribution >= 4 is 43.4 Å². The average molecular weight is 464 g/mol. The normalized spacial score (nSPS) is 15.2. The lowest BCUT2D eigenvalue weighted by Gasteiger charge is -2.26. The van der Waals surface area contributed by atoms with Crippen molar-refractivity contribution < 1.29 is 17.9 Å². The number of hydrogen-bond acceptors (Lipinski definition) is 4. The minimum Gasteiger partial charge on any atom is -0.379 e. The van der Waals surface area contributed by atoms with E-state index in [0.717, 1.165) is 28.4 Å². The summed E-state index contributed by atoms with van der Waals surface area (Å²) in [5.74, 6) is -0.354. The van der Waals surface area contributed by atoms with Crippen LogP contribution in [-0.4, -0.2) is 49.5 Å². The molecule has 8 heteroatoms. The summed E-state index contributed by atoms with van der Waals surface area (Å²) in [4.78, 5) is 13.1. The largest absolute Gasteiger partial charge is 0.379 e. The molecule has 1 aromatic heterocycles. The fourth-order valence-corrected chi connectivity index (χ4v) is 5.86. The number of sulfonamides is 1. The average Bonchev–Trinajstić information content (AvgIpc) is 3.17. The van der Waals surface area contributed by atoms with E-state index < -0.39 is 10.0 Å². The highest BCUT2D eigenvalue weighted by molar-refractivity contribution is 7.89. The Labute approximate surface area is 192 Å². The Bertz CT molecular complexity index is 1450. The molecule has 170 valence electrons. The molecule has 2 heterocycles. The van der Waals surface area contributed by atoms with Gasteiger partial charge in [0.2, 0.25) is 10.0 Å². The highest BCUT2D eigenvalue weighted by Crippen LogP contribution is 2.31. The first-order valence-electron chi connectivity index (χ1n) is 11.0. The number of amides is 1. The molecule has 0 atom stereocenters. The van der Waals surface area contributed by atoms with Gasteiger partial charge in [0.25, 0.3) is 5.91 Å². The lowest BCUT2D eigenvalue weighted by molar-refractivity contribution is 0.0730. The van der Waals surface area contributed by atoms with E-state index in [1.165, 1.54) is 16.4 Å². The summed E-state index contributed by atoms with van der Waals surface area (Å²) in [5, 5.41) is 5.12. The van der Waals surface area contributed by atoms with Crippen LogP contribution in [0.3, 0.4) is 0 Å². The van der Waals surface area contributed by atoms with Gasteiger partial charge in [-0.15, -0.1) is 0 Å². The van der Waals surface area contributed by atoms with Crippen molar-refractivity contribution in [3.63, 3.8) is 0 Å². The molecule has 0 saturated carbocycles. The number of para-hydroxylation sites is 1. The fraction of sp³-hybridized carbons (Fsp3) is 0.240. The summed E-state index contributed by atoms with van der Waals surface area (Å²) in [5.41, 5.74) is 3.21. The Morgan fingerprint density at radius 3 is 2.48 bits per heavy atom. The number of anilines is 1. The monoisotopic (exact) mass is 463 g/mol. The minimum absolute atomic E-state index is 0.110. The topological polar surface area (TPSA) is 80.6 Å². The zero-order chi connectivity index (χ0) is 23.0. The van der Waals surface area contributed by atoms with Crippen molar-refractivity contribution in [1.29, 1.82) is 0 Å². The van der Waals surface area contributed by atoms with Gasteiger partial charge in [0.05, 0.1) is 18.1 Å². The Morgan fingerprint density at radius 1 is 0.939 bits per heavy atom. The number of nitrogens with zero attached hydrogens (tertiary/aromatic N) is 2. The van der Waals surface area contributed by atoms with Crippen LogP contribution >= 0.6 is 0 Å². The van der Waals surface area contributed by atoms with E-state index >= 15 is 0 Å². The standard InChI is InChI=1S/C25H25N3O4S/c1-2-28-23-9-4-3-8-21(23)22-17-19(10-11-24(22)28)26-25(29)18-6-5-7-20(16-18)33(30,31)27-12-14-32-15-13-27/h3-11,16-17H,2,12-15H2,1H3,(H,26,29). The van der Waals surface area contributed by atoms with Gasteiger partial charge >= 0.3 is 0 Å². The highest BCUT2D eigenvalue weighted by Gasteiger charge is 2.27. The molecule has 4 aromatic rings. The van der Waals surface area contributed by atoms with Crippen molar-refractivity contribution in [2.24, 2.45) is 0 Å². The van der Waals surface area contributed by atoms with Gasteiger partial charge in [0, 0.05) is 52.7 Å². The van der Waals surface area contributed by atoms with Gasteiger partial charge in [-0.2, -0.15) is 4.31 Å². The molecule has 1 aliphatic heterocycles. The van der Waals surface area contributed by atoms with E-state index in [9.17, 15) is 13.2 Å². The van der Waals surface area contributed by atoms with Crippen LogP contribution in [0.5, 0.6) is 0 Å². The zero-order valence-corrected chi connectivity index (χ0v) is 19.1. The molecule has 1 saturated heterocycles. The second-order valence-corrected chi connectivity index (χ2v) is 9.93. The number of aryl methyl sites for hydroxylation is 1. The lowest BCUT2D eigenvalue weighted by Crippen LogP contribution is -2.40. The number of hydrogen-bond donors (Lipinski definition) is 1. The molecule has 0 bridgehead atoms. The summed E-state index contributed by atoms with van der Waals surface area (Å²) in [6, 6.07) is 20.2. The molecule has 7 nitrogen and oxygen atoms in total. The minimum atomic E-state index is -3.67. The van der Waals surface area contributed by atoms with Crippen molar-refractivity contribution in [2.45, 2.75) is 18.4 Å². The van der Waals surface area contributed by atoms with Crippen LogP contribution in [0.4, 0.5) is 5.69 Å². The molecule has 0 unspecified atom stereocenters. The maximum absolute atomic E-state index is 13.0. The highest BCUT2D eigenvalue weighted by atomic mass is 32.2. The van der Waals surface area contributed by atoms with Crippen molar-refractivity contribution in [2.75, 3.05) is 31.6 Å². The number of benzene rings is 3. The number of aromatic nitrogens is 1. The zero-order valence-electron chi connectivity index (χ0n) is 18.3. The fourth-order valence-electron chi connectivity index (χ4n) is 4.41. The number of carbonyl (C=O) groups is 1. The van der Waals surface area contributed by atoms with Gasteiger partial charge in [-0.05, 0) is 49.4 Å². The molecular weight excluding hydrogens is 438 g/mol. The summed E-state index contributed by atoms with van der Waals surface area (Å²) in [6.45, 7) is 4.32. The van der Waals surface area contributed by atoms with E-state index in [4.69, 9.17) is 4.74 Å². The molecule has 0 spiro atoms. The number of fused-ring (bicyclic) bond motifs is 3. The molecule has 33 heavy (non-hydrogen) atoms. The van der Waals surface area contributed by atoms with Gasteiger partial charge < -0.3 is 14.6 Å². The predicted octanol–water partition coefficient (Wildman–Crippen LogP) is 4.09. The van der Waals surface area contributed by atoms with Crippen LogP contribution in [0, 0.1) is 0 Å². The molecule has 1 fully saturated rings. The third kappa shape index (κ3) is 3.90. The molecule has 0 radical (unpaired) electrons. The van der Waals surface area contributed by atoms with Crippen LogP contribution in [0.1, 0.15) is 17.3 Å². The van der Waals surface area contributed by atoms with Crippen LogP contribution in [0.2, 0.25) is 0 Å². The summed E-state index contributed by atoms with van der Waals surface area (Å²) in [6.07, 6.45) is 0. The van der Waals surface area contributed by atoms with Crippen molar-refractivity contribution in [1.82, 2.24) is 8.87 Å². The second kappa shape index (κ2) is 8.62. The van der Waals surface area contributed by atoms with E-state index in [-0.39, 0.29) is 10.8 Å². The van der Waals surface area contributed by atoms with Gasteiger partial charge in [-0.3, -0.25) is 4.79 Å². The molecule has 1 aliphatic rings. The Hall–Kier alpha value is -3.20. The lowest BCUT2D eigenvalue weighted by atomic mass is 10.1. The van der Waals surface area contributed by atoms with Crippen LogP contribution in [0.15, 0.2) is 71.6 Å². The third-order valence-corrected chi connectivity index (χ3v) is 7.95. The number of ether oxygens (including phenoxy) is 1. The van der Waals surface area contributed by atoms with Gasteiger partial charge in [0.1, 0.15) is 0 Å². The van der Waals surface area contributed by atoms with E-state index in [1.807, 2.05) is 30.3 Å². The van der Waals surface area contributed by atoms with Gasteiger partial charge in [-0.25, -0.2) is 8.42 Å². The van der Waals surface area contributed by atoms with Crippen molar-refractivity contribution in [3.8, 4) is 0 Å². The maximum Gasteiger partial charge on any atom is 0.255 e. The SMILES string of the molecule is CCn1c2ccccc2c2cc(NC(=O)c3cccc(S(=O)(=O)N4CCOCC4)c3)ccc21. The van der Waals surface area contributed by atoms with E-state index in [0.29, 0.717) is 37.6 Å². The summed E-state index contributed by atoms with van der Waals surface area (Å²) >= 11 is 0. The Balaban J connectivity index is 1.44. The molecular formula is C25H25N3O4S. The number of carbonyl (C=O) groups excluding carboxylic acids is 1. The van der Waals surface area contributed by atoms with Crippen LogP contribution in [0.25, 0.3) is 21.8 Å². The first kappa shape index (κ1) is 21.6. The van der Waals surface area contributed by atoms with Crippen LogP contribution < -0.4 is 5.32 Å². The Kier molecular flexibility index (Phi) is 5.65. The Morgan fingerprint density at radius 2 is 1.70 bits per heavy atom. The first-order chi connectivity index (χ1) is 16.0. The van der Waals surface area contributed by atoms with Crippen molar-refractivity contribution in [3.05, 3.63) is 72.3 Å². The number of rotatable bonds is 5. The smallest absolute Gasteiger partial charge is 0.255 e.